The average molecular weight is 317 g/mol. The number of hydrogen-bond acceptors (Lipinski definition) is 4. The van der Waals surface area contributed by atoms with Crippen molar-refractivity contribution in [1.82, 2.24) is 5.32 Å². The van der Waals surface area contributed by atoms with Crippen LogP contribution in [0.3, 0.4) is 0 Å². The molecular formula is C13H17ClN2O5. The number of nitrogens with one attached hydrogen (secondary N) is 2. The summed E-state index contributed by atoms with van der Waals surface area (Å²) in [6.07, 6.45) is 0.158. The predicted octanol–water partition coefficient (Wildman–Crippen LogP) is 1.96. The molecule has 0 heterocycles. The molecule has 2 amide bonds. The van der Waals surface area contributed by atoms with Crippen LogP contribution in [-0.2, 0) is 9.53 Å². The lowest BCUT2D eigenvalue weighted by Crippen LogP contribution is -2.43. The summed E-state index contributed by atoms with van der Waals surface area (Å²) >= 11 is 5.95. The van der Waals surface area contributed by atoms with Gasteiger partial charge in [0.05, 0.1) is 17.8 Å². The summed E-state index contributed by atoms with van der Waals surface area (Å²) in [4.78, 5) is 22.8. The van der Waals surface area contributed by atoms with E-state index in [9.17, 15) is 9.59 Å². The molecule has 0 aliphatic carbocycles. The number of rotatable bonds is 7. The largest absolute Gasteiger partial charge is 0.497 e. The maximum Gasteiger partial charge on any atom is 0.326 e. The molecule has 0 aliphatic heterocycles. The number of carboxylic acid groups (broad SMARTS) is 1. The van der Waals surface area contributed by atoms with Gasteiger partial charge >= 0.3 is 12.0 Å². The van der Waals surface area contributed by atoms with Gasteiger partial charge in [-0.25, -0.2) is 9.59 Å². The fraction of sp³-hybridized carbons (Fsp3) is 0.385. The summed E-state index contributed by atoms with van der Waals surface area (Å²) in [6, 6.07) is 3.02. The molecule has 0 radical (unpaired) electrons. The molecule has 7 nitrogen and oxygen atoms in total. The average Bonchev–Trinajstić information content (AvgIpc) is 2.45. The highest BCUT2D eigenvalue weighted by molar-refractivity contribution is 6.33. The summed E-state index contributed by atoms with van der Waals surface area (Å²) in [5.74, 6) is -0.622. The molecule has 0 bridgehead atoms. The highest BCUT2D eigenvalue weighted by Gasteiger charge is 2.20. The Balaban J connectivity index is 2.69. The first-order valence-corrected chi connectivity index (χ1v) is 6.48. The third-order valence-corrected chi connectivity index (χ3v) is 2.97. The lowest BCUT2D eigenvalue weighted by Gasteiger charge is -2.15. The molecule has 0 fully saturated rings. The van der Waals surface area contributed by atoms with Gasteiger partial charge in [0.2, 0.25) is 0 Å². The van der Waals surface area contributed by atoms with Crippen molar-refractivity contribution >= 4 is 29.3 Å². The van der Waals surface area contributed by atoms with Crippen LogP contribution in [0.4, 0.5) is 10.5 Å². The van der Waals surface area contributed by atoms with Crippen LogP contribution in [0.5, 0.6) is 5.75 Å². The van der Waals surface area contributed by atoms with E-state index in [1.54, 1.807) is 12.1 Å². The molecule has 1 aromatic rings. The van der Waals surface area contributed by atoms with Gasteiger partial charge in [-0.05, 0) is 12.1 Å². The minimum Gasteiger partial charge on any atom is -0.497 e. The molecule has 0 saturated carbocycles. The second kappa shape index (κ2) is 8.33. The summed E-state index contributed by atoms with van der Waals surface area (Å²) in [6.45, 7) is 0.219. The molecule has 3 N–H and O–H groups in total. The van der Waals surface area contributed by atoms with E-state index in [0.717, 1.165) is 0 Å². The molecule has 0 spiro atoms. The minimum atomic E-state index is -1.14. The zero-order valence-electron chi connectivity index (χ0n) is 11.7. The van der Waals surface area contributed by atoms with Crippen LogP contribution in [0.25, 0.3) is 0 Å². The van der Waals surface area contributed by atoms with Crippen LogP contribution in [0.2, 0.25) is 5.02 Å². The highest BCUT2D eigenvalue weighted by Crippen LogP contribution is 2.26. The number of carbonyl (C=O) groups excluding carboxylic acids is 1. The third kappa shape index (κ3) is 5.49. The number of aliphatic carboxylic acids is 1. The molecule has 1 unspecified atom stereocenters. The molecule has 1 aromatic carbocycles. The molecule has 21 heavy (non-hydrogen) atoms. The number of urea groups is 1. The van der Waals surface area contributed by atoms with Gasteiger partial charge in [-0.15, -0.1) is 0 Å². The molecule has 0 aliphatic rings. The Morgan fingerprint density at radius 2 is 2.10 bits per heavy atom. The number of ether oxygens (including phenoxy) is 2. The van der Waals surface area contributed by atoms with Crippen molar-refractivity contribution in [2.24, 2.45) is 0 Å². The van der Waals surface area contributed by atoms with E-state index in [4.69, 9.17) is 26.2 Å². The Bertz CT molecular complexity index is 509. The Morgan fingerprint density at radius 1 is 1.38 bits per heavy atom. The first-order valence-electron chi connectivity index (χ1n) is 6.10. The number of halogens is 1. The number of amides is 2. The summed E-state index contributed by atoms with van der Waals surface area (Å²) in [5, 5.41) is 14.1. The first-order chi connectivity index (χ1) is 9.97. The zero-order valence-corrected chi connectivity index (χ0v) is 12.4. The van der Waals surface area contributed by atoms with E-state index in [2.05, 4.69) is 10.6 Å². The maximum absolute atomic E-state index is 11.8. The van der Waals surface area contributed by atoms with Crippen molar-refractivity contribution in [3.05, 3.63) is 23.2 Å². The molecule has 1 atom stereocenters. The second-order valence-corrected chi connectivity index (χ2v) is 4.52. The van der Waals surface area contributed by atoms with E-state index in [-0.39, 0.29) is 13.0 Å². The van der Waals surface area contributed by atoms with Gasteiger partial charge in [0.25, 0.3) is 0 Å². The van der Waals surface area contributed by atoms with E-state index in [1.807, 2.05) is 0 Å². The molecule has 1 rings (SSSR count). The number of benzene rings is 1. The molecule has 116 valence electrons. The number of carboxylic acids is 1. The van der Waals surface area contributed by atoms with Gasteiger partial charge in [0.15, 0.2) is 0 Å². The SMILES string of the molecule is COCCC(NC(=O)Nc1cc(OC)ccc1Cl)C(=O)O. The quantitative estimate of drug-likeness (QED) is 0.714. The third-order valence-electron chi connectivity index (χ3n) is 2.64. The van der Waals surface area contributed by atoms with Crippen molar-refractivity contribution in [2.45, 2.75) is 12.5 Å². The van der Waals surface area contributed by atoms with E-state index >= 15 is 0 Å². The highest BCUT2D eigenvalue weighted by atomic mass is 35.5. The van der Waals surface area contributed by atoms with Gasteiger partial charge in [-0.1, -0.05) is 11.6 Å². The van der Waals surface area contributed by atoms with Gasteiger partial charge in [-0.2, -0.15) is 0 Å². The lowest BCUT2D eigenvalue weighted by atomic mass is 10.2. The molecular weight excluding hydrogens is 300 g/mol. The van der Waals surface area contributed by atoms with Gasteiger partial charge in [0, 0.05) is 26.2 Å². The monoisotopic (exact) mass is 316 g/mol. The first kappa shape index (κ1) is 17.1. The Kier molecular flexibility index (Phi) is 6.77. The lowest BCUT2D eigenvalue weighted by molar-refractivity contribution is -0.139. The van der Waals surface area contributed by atoms with Crippen molar-refractivity contribution in [1.29, 1.82) is 0 Å². The Morgan fingerprint density at radius 3 is 2.67 bits per heavy atom. The topological polar surface area (TPSA) is 96.9 Å². The van der Waals surface area contributed by atoms with Gasteiger partial charge < -0.3 is 25.2 Å². The van der Waals surface area contributed by atoms with Gasteiger partial charge in [-0.3, -0.25) is 0 Å². The zero-order chi connectivity index (χ0) is 15.8. The van der Waals surface area contributed by atoms with E-state index in [0.29, 0.717) is 16.5 Å². The molecule has 8 heteroatoms. The maximum atomic E-state index is 11.8. The van der Waals surface area contributed by atoms with Crippen molar-refractivity contribution in [2.75, 3.05) is 26.1 Å². The van der Waals surface area contributed by atoms with Crippen LogP contribution in [0, 0.1) is 0 Å². The number of hydrogen-bond donors (Lipinski definition) is 3. The van der Waals surface area contributed by atoms with Crippen molar-refractivity contribution < 1.29 is 24.2 Å². The van der Waals surface area contributed by atoms with Gasteiger partial charge in [0.1, 0.15) is 11.8 Å². The molecule has 0 saturated heterocycles. The molecule has 0 aromatic heterocycles. The Hall–Kier alpha value is -1.99. The van der Waals surface area contributed by atoms with Crippen molar-refractivity contribution in [3.63, 3.8) is 0 Å². The summed E-state index contributed by atoms with van der Waals surface area (Å²) in [7, 11) is 2.94. The van der Waals surface area contributed by atoms with Crippen LogP contribution in [0.1, 0.15) is 6.42 Å². The summed E-state index contributed by atoms with van der Waals surface area (Å²) in [5.41, 5.74) is 0.324. The minimum absolute atomic E-state index is 0.158. The second-order valence-electron chi connectivity index (χ2n) is 4.12. The number of methoxy groups -OCH3 is 2. The smallest absolute Gasteiger partial charge is 0.326 e. The fourth-order valence-corrected chi connectivity index (χ4v) is 1.70. The van der Waals surface area contributed by atoms with E-state index in [1.165, 1.54) is 20.3 Å². The van der Waals surface area contributed by atoms with Crippen LogP contribution in [-0.4, -0.2) is 44.0 Å². The van der Waals surface area contributed by atoms with Crippen molar-refractivity contribution in [3.8, 4) is 5.75 Å². The standard InChI is InChI=1S/C13H17ClN2O5/c1-20-6-5-10(12(17)18)15-13(19)16-11-7-8(21-2)3-4-9(11)14/h3-4,7,10H,5-6H2,1-2H3,(H,17,18)(H2,15,16,19). The number of carbonyl (C=O) groups is 2. The Labute approximate surface area is 127 Å². The summed E-state index contributed by atoms with van der Waals surface area (Å²) < 4.78 is 9.82. The predicted molar refractivity (Wildman–Crippen MR) is 78.1 cm³/mol. The van der Waals surface area contributed by atoms with Crippen LogP contribution in [0.15, 0.2) is 18.2 Å². The normalized spacial score (nSPS) is 11.6. The van der Waals surface area contributed by atoms with E-state index < -0.39 is 18.0 Å². The number of anilines is 1. The van der Waals surface area contributed by atoms with Crippen LogP contribution >= 0.6 is 11.6 Å². The fourth-order valence-electron chi connectivity index (χ4n) is 1.54. The van der Waals surface area contributed by atoms with Crippen LogP contribution < -0.4 is 15.4 Å².